The summed E-state index contributed by atoms with van der Waals surface area (Å²) >= 11 is 0. The number of piperazine rings is 1. The van der Waals surface area contributed by atoms with Crippen molar-refractivity contribution in [2.45, 2.75) is 26.8 Å². The van der Waals surface area contributed by atoms with Crippen LogP contribution in [0.25, 0.3) is 0 Å². The van der Waals surface area contributed by atoms with E-state index in [2.05, 4.69) is 33.6 Å². The number of hydrogen-bond acceptors (Lipinski definition) is 5. The van der Waals surface area contributed by atoms with Gasteiger partial charge in [0.05, 0.1) is 11.3 Å². The van der Waals surface area contributed by atoms with Gasteiger partial charge in [0.15, 0.2) is 0 Å². The fourth-order valence-electron chi connectivity index (χ4n) is 2.26. The first-order valence-electron chi connectivity index (χ1n) is 6.55. The second-order valence-corrected chi connectivity index (χ2v) is 5.09. The van der Waals surface area contributed by atoms with Crippen molar-refractivity contribution in [2.24, 2.45) is 0 Å². The summed E-state index contributed by atoms with van der Waals surface area (Å²) < 4.78 is 0. The van der Waals surface area contributed by atoms with E-state index in [0.717, 1.165) is 26.2 Å². The largest absolute Gasteiger partial charge is 0.478 e. The third-order valence-electron chi connectivity index (χ3n) is 3.52. The Labute approximate surface area is 113 Å². The smallest absolute Gasteiger partial charge is 0.339 e. The van der Waals surface area contributed by atoms with Gasteiger partial charge in [-0.1, -0.05) is 0 Å². The molecule has 0 bridgehead atoms. The molecular weight excluding hydrogens is 244 g/mol. The molecule has 1 aromatic heterocycles. The molecule has 1 aliphatic heterocycles. The number of aromatic carboxylic acids is 1. The molecule has 104 valence electrons. The Balaban J connectivity index is 2.08. The van der Waals surface area contributed by atoms with Gasteiger partial charge < -0.3 is 10.0 Å². The molecule has 0 atom stereocenters. The highest BCUT2D eigenvalue weighted by molar-refractivity contribution is 5.88. The fraction of sp³-hybridized carbons (Fsp3) is 0.615. The molecule has 0 spiro atoms. The molecular formula is C13H20N4O2. The first-order chi connectivity index (χ1) is 8.99. The van der Waals surface area contributed by atoms with Gasteiger partial charge in [0, 0.05) is 38.4 Å². The summed E-state index contributed by atoms with van der Waals surface area (Å²) in [5.41, 5.74) is 0.688. The zero-order valence-electron chi connectivity index (χ0n) is 11.6. The predicted octanol–water partition coefficient (Wildman–Crippen LogP) is 1.01. The van der Waals surface area contributed by atoms with Gasteiger partial charge in [0.1, 0.15) is 0 Å². The number of carboxylic acid groups (broad SMARTS) is 1. The van der Waals surface area contributed by atoms with E-state index in [9.17, 15) is 4.79 Å². The minimum atomic E-state index is -0.978. The van der Waals surface area contributed by atoms with Crippen LogP contribution in [-0.2, 0) is 0 Å². The topological polar surface area (TPSA) is 69.6 Å². The monoisotopic (exact) mass is 264 g/mol. The lowest BCUT2D eigenvalue weighted by molar-refractivity contribution is 0.0695. The third kappa shape index (κ3) is 3.01. The third-order valence-corrected chi connectivity index (χ3v) is 3.52. The number of nitrogens with zero attached hydrogens (tertiary/aromatic N) is 4. The van der Waals surface area contributed by atoms with Crippen molar-refractivity contribution in [3.63, 3.8) is 0 Å². The summed E-state index contributed by atoms with van der Waals surface area (Å²) in [5.74, 6) is -0.348. The van der Waals surface area contributed by atoms with E-state index in [-0.39, 0.29) is 5.56 Å². The molecule has 0 aliphatic carbocycles. The first-order valence-corrected chi connectivity index (χ1v) is 6.55. The second kappa shape index (κ2) is 5.52. The van der Waals surface area contributed by atoms with E-state index in [1.807, 2.05) is 0 Å². The Bertz CT molecular complexity index is 468. The summed E-state index contributed by atoms with van der Waals surface area (Å²) in [5, 5.41) is 8.96. The number of hydrogen-bond donors (Lipinski definition) is 1. The van der Waals surface area contributed by atoms with E-state index >= 15 is 0 Å². The van der Waals surface area contributed by atoms with Crippen LogP contribution in [0.2, 0.25) is 0 Å². The summed E-state index contributed by atoms with van der Waals surface area (Å²) in [6.45, 7) is 9.82. The highest BCUT2D eigenvalue weighted by atomic mass is 16.4. The van der Waals surface area contributed by atoms with Gasteiger partial charge >= 0.3 is 5.97 Å². The van der Waals surface area contributed by atoms with Gasteiger partial charge in [0.25, 0.3) is 0 Å². The quantitative estimate of drug-likeness (QED) is 0.878. The number of rotatable bonds is 3. The maximum atomic E-state index is 10.9. The van der Waals surface area contributed by atoms with Gasteiger partial charge in [-0.2, -0.15) is 0 Å². The lowest BCUT2D eigenvalue weighted by Crippen LogP contribution is -2.49. The van der Waals surface area contributed by atoms with Gasteiger partial charge in [-0.25, -0.2) is 14.8 Å². The van der Waals surface area contributed by atoms with Crippen molar-refractivity contribution in [3.8, 4) is 0 Å². The number of carbonyl (C=O) groups is 1. The molecule has 1 saturated heterocycles. The van der Waals surface area contributed by atoms with Gasteiger partial charge in [0.2, 0.25) is 5.95 Å². The fourth-order valence-corrected chi connectivity index (χ4v) is 2.26. The van der Waals surface area contributed by atoms with Crippen molar-refractivity contribution in [2.75, 3.05) is 31.1 Å². The number of carboxylic acids is 1. The molecule has 1 aliphatic rings. The highest BCUT2D eigenvalue weighted by Gasteiger charge is 2.21. The van der Waals surface area contributed by atoms with Crippen LogP contribution in [0.4, 0.5) is 5.95 Å². The minimum absolute atomic E-state index is 0.171. The Kier molecular flexibility index (Phi) is 3.99. The molecule has 0 saturated carbocycles. The van der Waals surface area contributed by atoms with E-state index in [4.69, 9.17) is 5.11 Å². The van der Waals surface area contributed by atoms with E-state index in [0.29, 0.717) is 17.7 Å². The molecule has 6 nitrogen and oxygen atoms in total. The first kappa shape index (κ1) is 13.7. The minimum Gasteiger partial charge on any atom is -0.478 e. The van der Waals surface area contributed by atoms with E-state index in [1.54, 1.807) is 6.92 Å². The van der Waals surface area contributed by atoms with Gasteiger partial charge in [-0.05, 0) is 20.8 Å². The maximum absolute atomic E-state index is 10.9. The molecule has 2 rings (SSSR count). The Morgan fingerprint density at radius 2 is 1.95 bits per heavy atom. The lowest BCUT2D eigenvalue weighted by atomic mass is 10.2. The number of aryl methyl sites for hydroxylation is 1. The Morgan fingerprint density at radius 3 is 2.42 bits per heavy atom. The summed E-state index contributed by atoms with van der Waals surface area (Å²) in [4.78, 5) is 23.9. The maximum Gasteiger partial charge on any atom is 0.339 e. The SMILES string of the molecule is Cc1nc(N2CCN(C(C)C)CC2)ncc1C(=O)O. The van der Waals surface area contributed by atoms with Crippen molar-refractivity contribution in [1.82, 2.24) is 14.9 Å². The Hall–Kier alpha value is -1.69. The Morgan fingerprint density at radius 1 is 1.32 bits per heavy atom. The summed E-state index contributed by atoms with van der Waals surface area (Å²) in [7, 11) is 0. The average Bonchev–Trinajstić information content (AvgIpc) is 2.38. The van der Waals surface area contributed by atoms with Crippen LogP contribution in [0.15, 0.2) is 6.20 Å². The van der Waals surface area contributed by atoms with Gasteiger partial charge in [-0.3, -0.25) is 4.90 Å². The van der Waals surface area contributed by atoms with Crippen LogP contribution in [0.3, 0.4) is 0 Å². The lowest BCUT2D eigenvalue weighted by Gasteiger charge is -2.36. The number of anilines is 1. The zero-order valence-corrected chi connectivity index (χ0v) is 11.6. The predicted molar refractivity (Wildman–Crippen MR) is 72.7 cm³/mol. The molecule has 0 unspecified atom stereocenters. The highest BCUT2D eigenvalue weighted by Crippen LogP contribution is 2.14. The van der Waals surface area contributed by atoms with Crippen LogP contribution in [0.1, 0.15) is 29.9 Å². The molecule has 1 fully saturated rings. The molecule has 1 N–H and O–H groups in total. The van der Waals surface area contributed by atoms with Crippen LogP contribution >= 0.6 is 0 Å². The molecule has 1 aromatic rings. The summed E-state index contributed by atoms with van der Waals surface area (Å²) in [6, 6.07) is 0.555. The summed E-state index contributed by atoms with van der Waals surface area (Å²) in [6.07, 6.45) is 1.40. The molecule has 0 aromatic carbocycles. The van der Waals surface area contributed by atoms with Crippen LogP contribution in [0, 0.1) is 6.92 Å². The molecule has 6 heteroatoms. The normalized spacial score (nSPS) is 16.9. The molecule has 19 heavy (non-hydrogen) atoms. The van der Waals surface area contributed by atoms with Gasteiger partial charge in [-0.15, -0.1) is 0 Å². The van der Waals surface area contributed by atoms with Crippen molar-refractivity contribution >= 4 is 11.9 Å². The zero-order chi connectivity index (χ0) is 14.0. The molecule has 0 radical (unpaired) electrons. The van der Waals surface area contributed by atoms with Crippen molar-refractivity contribution < 1.29 is 9.90 Å². The van der Waals surface area contributed by atoms with Crippen molar-refractivity contribution in [1.29, 1.82) is 0 Å². The van der Waals surface area contributed by atoms with Crippen LogP contribution in [0.5, 0.6) is 0 Å². The van der Waals surface area contributed by atoms with E-state index < -0.39 is 5.97 Å². The molecule has 0 amide bonds. The van der Waals surface area contributed by atoms with Crippen molar-refractivity contribution in [3.05, 3.63) is 17.5 Å². The van der Waals surface area contributed by atoms with Crippen LogP contribution < -0.4 is 4.90 Å². The second-order valence-electron chi connectivity index (χ2n) is 5.09. The van der Waals surface area contributed by atoms with E-state index in [1.165, 1.54) is 6.20 Å². The molecule has 2 heterocycles. The number of aromatic nitrogens is 2. The standard InChI is InChI=1S/C13H20N4O2/c1-9(2)16-4-6-17(7-5-16)13-14-8-11(12(18)19)10(3)15-13/h8-9H,4-7H2,1-3H3,(H,18,19). The average molecular weight is 264 g/mol. The van der Waals surface area contributed by atoms with Crippen LogP contribution in [-0.4, -0.2) is 58.2 Å².